The fourth-order valence-electron chi connectivity index (χ4n) is 4.32. The number of fused-ring (bicyclic) bond motifs is 1. The van der Waals surface area contributed by atoms with E-state index in [4.69, 9.17) is 9.47 Å². The summed E-state index contributed by atoms with van der Waals surface area (Å²) in [6.45, 7) is 7.03. The number of carbonyl (C=O) groups is 1. The summed E-state index contributed by atoms with van der Waals surface area (Å²) >= 11 is 0. The van der Waals surface area contributed by atoms with Crippen LogP contribution in [0.4, 0.5) is 8.78 Å². The highest BCUT2D eigenvalue weighted by Crippen LogP contribution is 2.40. The number of Topliss-reactive ketones (excluding diaryl/α,β-unsaturated/α-hetero) is 1. The highest BCUT2D eigenvalue weighted by Gasteiger charge is 2.36. The third kappa shape index (κ3) is 5.58. The predicted octanol–water partition coefficient (Wildman–Crippen LogP) is 6.54. The Kier molecular flexibility index (Phi) is 7.47. The number of aromatic nitrogens is 2. The maximum atomic E-state index is 14.5. The van der Waals surface area contributed by atoms with Gasteiger partial charge in [0.15, 0.2) is 5.78 Å². The van der Waals surface area contributed by atoms with Gasteiger partial charge in [-0.25, -0.2) is 9.37 Å². The van der Waals surface area contributed by atoms with Crippen molar-refractivity contribution in [1.29, 1.82) is 5.26 Å². The Morgan fingerprint density at radius 2 is 2.11 bits per heavy atom. The zero-order chi connectivity index (χ0) is 26.7. The Labute approximate surface area is 214 Å². The van der Waals surface area contributed by atoms with Crippen LogP contribution in [-0.2, 0) is 5.41 Å². The van der Waals surface area contributed by atoms with Crippen LogP contribution in [0.25, 0.3) is 16.9 Å². The van der Waals surface area contributed by atoms with Gasteiger partial charge in [-0.2, -0.15) is 9.65 Å². The number of pyridine rings is 1. The predicted molar refractivity (Wildman–Crippen MR) is 136 cm³/mol. The third-order valence-electron chi connectivity index (χ3n) is 6.68. The van der Waals surface area contributed by atoms with Crippen LogP contribution in [-0.4, -0.2) is 34.8 Å². The molecule has 4 rings (SSSR count). The molecule has 0 saturated heterocycles. The molecule has 1 unspecified atom stereocenters. The first kappa shape index (κ1) is 26.1. The summed E-state index contributed by atoms with van der Waals surface area (Å²) in [6.07, 6.45) is 3.69. The molecular weight excluding hydrogens is 476 g/mol. The van der Waals surface area contributed by atoms with Gasteiger partial charge in [0.25, 0.3) is 6.36 Å². The maximum Gasteiger partial charge on any atom is 0.264 e. The Morgan fingerprint density at radius 3 is 2.76 bits per heavy atom. The van der Waals surface area contributed by atoms with E-state index < -0.39 is 17.9 Å². The number of halogens is 2. The molecule has 8 heteroatoms. The lowest BCUT2D eigenvalue weighted by atomic mass is 9.87. The SMILES string of the molecule is C=C=CC(F)Oc1cc(-c2cnc3cc(C(C)(C)C#N)ccn23)cc(OC)c1C(=O)CCC[C@@H]1C[C@H]1F. The number of carbonyl (C=O) groups excluding carboxylic acids is 1. The Hall–Kier alpha value is -3.95. The number of nitriles is 1. The number of rotatable bonds is 11. The number of imidazole rings is 1. The summed E-state index contributed by atoms with van der Waals surface area (Å²) in [4.78, 5) is 17.7. The minimum atomic E-state index is -1.87. The molecule has 6 nitrogen and oxygen atoms in total. The lowest BCUT2D eigenvalue weighted by Gasteiger charge is -2.18. The Bertz CT molecular complexity index is 1420. The normalized spacial score (nSPS) is 17.5. The highest BCUT2D eigenvalue weighted by molar-refractivity contribution is 6.02. The number of methoxy groups -OCH3 is 1. The molecule has 192 valence electrons. The average molecular weight is 506 g/mol. The molecule has 0 N–H and O–H groups in total. The zero-order valence-corrected chi connectivity index (χ0v) is 21.1. The molecule has 0 aliphatic heterocycles. The second-order valence-electron chi connectivity index (χ2n) is 9.74. The molecule has 3 aromatic rings. The summed E-state index contributed by atoms with van der Waals surface area (Å²) in [5, 5.41) is 9.48. The lowest BCUT2D eigenvalue weighted by molar-refractivity contribution is 0.0940. The summed E-state index contributed by atoms with van der Waals surface area (Å²) in [5.74, 6) is 0.00507. The van der Waals surface area contributed by atoms with E-state index in [9.17, 15) is 18.8 Å². The van der Waals surface area contributed by atoms with E-state index in [1.165, 1.54) is 7.11 Å². The van der Waals surface area contributed by atoms with Crippen LogP contribution >= 0.6 is 0 Å². The van der Waals surface area contributed by atoms with Gasteiger partial charge in [0.2, 0.25) is 0 Å². The number of nitrogens with zero attached hydrogens (tertiary/aromatic N) is 3. The number of hydrogen-bond donors (Lipinski definition) is 0. The fraction of sp³-hybridized carbons (Fsp3) is 0.379. The van der Waals surface area contributed by atoms with E-state index in [-0.39, 0.29) is 35.2 Å². The van der Waals surface area contributed by atoms with Gasteiger partial charge in [-0.1, -0.05) is 6.58 Å². The van der Waals surface area contributed by atoms with Crippen molar-refractivity contribution >= 4 is 11.4 Å². The molecule has 0 spiro atoms. The van der Waals surface area contributed by atoms with Crippen molar-refractivity contribution in [3.63, 3.8) is 0 Å². The lowest BCUT2D eigenvalue weighted by Crippen LogP contribution is -2.14. The van der Waals surface area contributed by atoms with Crippen molar-refractivity contribution in [3.05, 3.63) is 66.2 Å². The molecule has 2 heterocycles. The molecule has 0 amide bonds. The van der Waals surface area contributed by atoms with Gasteiger partial charge in [-0.15, -0.1) is 5.73 Å². The monoisotopic (exact) mass is 505 g/mol. The van der Waals surface area contributed by atoms with Crippen LogP contribution in [0.2, 0.25) is 0 Å². The molecule has 3 atom stereocenters. The van der Waals surface area contributed by atoms with Gasteiger partial charge in [0.05, 0.1) is 30.5 Å². The molecular formula is C29H29F2N3O3. The number of benzene rings is 1. The van der Waals surface area contributed by atoms with Crippen LogP contribution in [0.1, 0.15) is 55.5 Å². The van der Waals surface area contributed by atoms with Gasteiger partial charge in [-0.05, 0) is 68.9 Å². The van der Waals surface area contributed by atoms with Gasteiger partial charge >= 0.3 is 0 Å². The van der Waals surface area contributed by atoms with Crippen LogP contribution < -0.4 is 9.47 Å². The summed E-state index contributed by atoms with van der Waals surface area (Å²) in [5.41, 5.74) is 4.50. The van der Waals surface area contributed by atoms with E-state index >= 15 is 0 Å². The van der Waals surface area contributed by atoms with Crippen molar-refractivity contribution in [2.75, 3.05) is 7.11 Å². The van der Waals surface area contributed by atoms with E-state index in [2.05, 4.69) is 23.4 Å². The van der Waals surface area contributed by atoms with E-state index in [1.807, 2.05) is 36.6 Å². The standard InChI is InChI=1S/C29H29F2N3O3/c1-5-7-26(31)37-25-14-19(13-24(36-4)28(25)23(35)9-6-8-18-12-21(18)30)22-16-33-27-15-20(10-11-34(22)27)29(2,3)17-32/h7,10-11,13-16,18,21,26H,1,6,8-9,12H2,2-4H3/t18-,21-,26?/m1/s1. The first-order valence-corrected chi connectivity index (χ1v) is 12.1. The number of hydrogen-bond acceptors (Lipinski definition) is 5. The zero-order valence-electron chi connectivity index (χ0n) is 21.1. The fourth-order valence-corrected chi connectivity index (χ4v) is 4.32. The molecule has 1 saturated carbocycles. The first-order valence-electron chi connectivity index (χ1n) is 12.1. The molecule has 1 aromatic carbocycles. The number of ether oxygens (including phenoxy) is 2. The van der Waals surface area contributed by atoms with Crippen molar-refractivity contribution in [1.82, 2.24) is 9.38 Å². The van der Waals surface area contributed by atoms with E-state index in [1.54, 1.807) is 18.3 Å². The van der Waals surface area contributed by atoms with Gasteiger partial charge < -0.3 is 9.47 Å². The topological polar surface area (TPSA) is 76.6 Å². The van der Waals surface area contributed by atoms with E-state index in [0.717, 1.165) is 11.6 Å². The van der Waals surface area contributed by atoms with Crippen molar-refractivity contribution in [2.45, 2.75) is 57.5 Å². The quantitative estimate of drug-likeness (QED) is 0.219. The minimum absolute atomic E-state index is 0.0188. The van der Waals surface area contributed by atoms with Crippen LogP contribution in [0.3, 0.4) is 0 Å². The van der Waals surface area contributed by atoms with E-state index in [0.29, 0.717) is 36.2 Å². The average Bonchev–Trinajstić information content (AvgIpc) is 3.41. The van der Waals surface area contributed by atoms with Crippen LogP contribution in [0, 0.1) is 17.2 Å². The summed E-state index contributed by atoms with van der Waals surface area (Å²) in [7, 11) is 1.43. The number of alkyl halides is 2. The largest absolute Gasteiger partial charge is 0.496 e. The smallest absolute Gasteiger partial charge is 0.264 e. The van der Waals surface area contributed by atoms with Crippen molar-refractivity contribution in [2.24, 2.45) is 5.92 Å². The Morgan fingerprint density at radius 1 is 1.38 bits per heavy atom. The van der Waals surface area contributed by atoms with Crippen molar-refractivity contribution < 1.29 is 23.0 Å². The summed E-state index contributed by atoms with van der Waals surface area (Å²) in [6, 6.07) is 9.24. The van der Waals surface area contributed by atoms with Gasteiger partial charge in [-0.3, -0.25) is 9.20 Å². The molecule has 1 aliphatic carbocycles. The summed E-state index contributed by atoms with van der Waals surface area (Å²) < 4.78 is 40.5. The van der Waals surface area contributed by atoms with Crippen LogP contribution in [0.15, 0.2) is 55.0 Å². The minimum Gasteiger partial charge on any atom is -0.496 e. The third-order valence-corrected chi connectivity index (χ3v) is 6.68. The molecule has 37 heavy (non-hydrogen) atoms. The molecule has 2 aromatic heterocycles. The Balaban J connectivity index is 1.74. The second kappa shape index (κ2) is 10.6. The molecule has 0 radical (unpaired) electrons. The van der Waals surface area contributed by atoms with Crippen molar-refractivity contribution in [3.8, 4) is 28.8 Å². The van der Waals surface area contributed by atoms with Crippen LogP contribution in [0.5, 0.6) is 11.5 Å². The molecule has 0 bridgehead atoms. The molecule has 1 aliphatic rings. The van der Waals surface area contributed by atoms with Gasteiger partial charge in [0, 0.05) is 24.3 Å². The maximum absolute atomic E-state index is 14.5. The number of ketones is 1. The second-order valence-corrected chi connectivity index (χ2v) is 9.74. The first-order chi connectivity index (χ1) is 17.7. The van der Waals surface area contributed by atoms with Gasteiger partial charge in [0.1, 0.15) is 28.9 Å². The molecule has 1 fully saturated rings. The highest BCUT2D eigenvalue weighted by atomic mass is 19.1.